The van der Waals surface area contributed by atoms with Crippen molar-refractivity contribution in [2.24, 2.45) is 4.99 Å². The molecule has 9 heavy (non-hydrogen) atoms. The highest BCUT2D eigenvalue weighted by atomic mass is 35.5. The van der Waals surface area contributed by atoms with Gasteiger partial charge >= 0.3 is 0 Å². The quantitative estimate of drug-likeness (QED) is 0.611. The normalized spacial score (nSPS) is 9.44. The SMILES string of the molecule is C=NCc1[nH]ccc1Cl. The Balaban J connectivity index is 2.80. The zero-order valence-corrected chi connectivity index (χ0v) is 5.65. The van der Waals surface area contributed by atoms with E-state index in [0.717, 1.165) is 10.7 Å². The lowest BCUT2D eigenvalue weighted by atomic mass is 10.4. The van der Waals surface area contributed by atoms with Crippen molar-refractivity contribution in [1.82, 2.24) is 4.98 Å². The summed E-state index contributed by atoms with van der Waals surface area (Å²) in [6.45, 7) is 3.91. The van der Waals surface area contributed by atoms with Crippen molar-refractivity contribution in [2.75, 3.05) is 0 Å². The van der Waals surface area contributed by atoms with Crippen LogP contribution in [0.3, 0.4) is 0 Å². The number of rotatable bonds is 2. The van der Waals surface area contributed by atoms with Gasteiger partial charge in [-0.15, -0.1) is 0 Å². The Bertz CT molecular complexity index is 205. The van der Waals surface area contributed by atoms with E-state index < -0.39 is 0 Å². The van der Waals surface area contributed by atoms with Crippen LogP contribution in [0.5, 0.6) is 0 Å². The van der Waals surface area contributed by atoms with E-state index >= 15 is 0 Å². The Morgan fingerprint density at radius 3 is 3.00 bits per heavy atom. The van der Waals surface area contributed by atoms with Gasteiger partial charge in [-0.25, -0.2) is 0 Å². The Labute approximate surface area is 58.6 Å². The summed E-state index contributed by atoms with van der Waals surface area (Å²) >= 11 is 5.70. The first-order chi connectivity index (χ1) is 4.34. The van der Waals surface area contributed by atoms with E-state index in [0.29, 0.717) is 6.54 Å². The van der Waals surface area contributed by atoms with E-state index in [1.807, 2.05) is 0 Å². The zero-order valence-electron chi connectivity index (χ0n) is 4.89. The van der Waals surface area contributed by atoms with E-state index in [2.05, 4.69) is 16.7 Å². The summed E-state index contributed by atoms with van der Waals surface area (Å²) in [4.78, 5) is 6.61. The highest BCUT2D eigenvalue weighted by Gasteiger charge is 1.96. The lowest BCUT2D eigenvalue weighted by Gasteiger charge is -1.88. The number of nitrogens with one attached hydrogen (secondary N) is 1. The van der Waals surface area contributed by atoms with Crippen molar-refractivity contribution in [2.45, 2.75) is 6.54 Å². The van der Waals surface area contributed by atoms with Crippen molar-refractivity contribution >= 4 is 18.3 Å². The maximum absolute atomic E-state index is 5.70. The maximum Gasteiger partial charge on any atom is 0.0797 e. The Hall–Kier alpha value is -0.760. The van der Waals surface area contributed by atoms with Gasteiger partial charge in [0.25, 0.3) is 0 Å². The van der Waals surface area contributed by atoms with Crippen LogP contribution in [0.15, 0.2) is 17.3 Å². The molecule has 1 rings (SSSR count). The fraction of sp³-hybridized carbons (Fsp3) is 0.167. The lowest BCUT2D eigenvalue weighted by molar-refractivity contribution is 1.02. The Kier molecular flexibility index (Phi) is 1.90. The topological polar surface area (TPSA) is 28.1 Å². The number of nitrogens with zero attached hydrogens (tertiary/aromatic N) is 1. The van der Waals surface area contributed by atoms with Crippen LogP contribution >= 0.6 is 11.6 Å². The van der Waals surface area contributed by atoms with Gasteiger partial charge in [0.15, 0.2) is 0 Å². The number of hydrogen-bond acceptors (Lipinski definition) is 1. The average Bonchev–Trinajstić information content (AvgIpc) is 2.18. The minimum Gasteiger partial charge on any atom is -0.362 e. The molecule has 48 valence electrons. The molecule has 0 aliphatic carbocycles. The molecule has 1 aromatic rings. The number of H-pyrrole nitrogens is 1. The van der Waals surface area contributed by atoms with E-state index in [4.69, 9.17) is 11.6 Å². The van der Waals surface area contributed by atoms with E-state index in [1.54, 1.807) is 12.3 Å². The van der Waals surface area contributed by atoms with Crippen LogP contribution in [-0.4, -0.2) is 11.7 Å². The fourth-order valence-corrected chi connectivity index (χ4v) is 0.795. The summed E-state index contributed by atoms with van der Waals surface area (Å²) in [6.07, 6.45) is 1.78. The summed E-state index contributed by atoms with van der Waals surface area (Å²) in [5.41, 5.74) is 0.923. The van der Waals surface area contributed by atoms with Gasteiger partial charge in [-0.2, -0.15) is 0 Å². The molecule has 0 saturated carbocycles. The molecule has 0 radical (unpaired) electrons. The molecule has 0 amide bonds. The van der Waals surface area contributed by atoms with Crippen molar-refractivity contribution < 1.29 is 0 Å². The summed E-state index contributed by atoms with van der Waals surface area (Å²) in [5.74, 6) is 0. The molecule has 1 heterocycles. The summed E-state index contributed by atoms with van der Waals surface area (Å²) in [6, 6.07) is 1.79. The first kappa shape index (κ1) is 6.36. The molecule has 1 aromatic heterocycles. The van der Waals surface area contributed by atoms with E-state index in [1.165, 1.54) is 0 Å². The maximum atomic E-state index is 5.70. The van der Waals surface area contributed by atoms with Gasteiger partial charge in [-0.05, 0) is 12.8 Å². The van der Waals surface area contributed by atoms with Crippen molar-refractivity contribution in [3.63, 3.8) is 0 Å². The Morgan fingerprint density at radius 1 is 1.78 bits per heavy atom. The van der Waals surface area contributed by atoms with Gasteiger partial charge in [0, 0.05) is 6.20 Å². The molecular formula is C6H7ClN2. The van der Waals surface area contributed by atoms with Crippen LogP contribution in [0.4, 0.5) is 0 Å². The first-order valence-corrected chi connectivity index (χ1v) is 2.96. The van der Waals surface area contributed by atoms with Gasteiger partial charge < -0.3 is 4.98 Å². The third-order valence-corrected chi connectivity index (χ3v) is 1.40. The smallest absolute Gasteiger partial charge is 0.0797 e. The molecule has 0 unspecified atom stereocenters. The molecular weight excluding hydrogens is 136 g/mol. The van der Waals surface area contributed by atoms with Gasteiger partial charge in [-0.1, -0.05) is 11.6 Å². The number of aromatic nitrogens is 1. The van der Waals surface area contributed by atoms with Gasteiger partial charge in [0.2, 0.25) is 0 Å². The summed E-state index contributed by atoms with van der Waals surface area (Å²) < 4.78 is 0. The number of aliphatic imine (C=N–C) groups is 1. The molecule has 2 nitrogen and oxygen atoms in total. The predicted octanol–water partition coefficient (Wildman–Crippen LogP) is 1.87. The van der Waals surface area contributed by atoms with E-state index in [-0.39, 0.29) is 0 Å². The number of aromatic amines is 1. The van der Waals surface area contributed by atoms with Gasteiger partial charge in [0.05, 0.1) is 17.3 Å². The highest BCUT2D eigenvalue weighted by molar-refractivity contribution is 6.31. The minimum atomic E-state index is 0.561. The molecule has 0 atom stereocenters. The number of hydrogen-bond donors (Lipinski definition) is 1. The van der Waals surface area contributed by atoms with Crippen LogP contribution in [0, 0.1) is 0 Å². The monoisotopic (exact) mass is 142 g/mol. The zero-order chi connectivity index (χ0) is 6.69. The van der Waals surface area contributed by atoms with Gasteiger partial charge in [0.1, 0.15) is 0 Å². The molecule has 0 saturated heterocycles. The molecule has 0 aromatic carbocycles. The fourth-order valence-electron chi connectivity index (χ4n) is 0.618. The molecule has 1 N–H and O–H groups in total. The second-order valence-corrected chi connectivity index (χ2v) is 2.09. The second-order valence-electron chi connectivity index (χ2n) is 1.69. The van der Waals surface area contributed by atoms with Gasteiger partial charge in [-0.3, -0.25) is 4.99 Å². The summed E-state index contributed by atoms with van der Waals surface area (Å²) in [7, 11) is 0. The third-order valence-electron chi connectivity index (χ3n) is 1.05. The second kappa shape index (κ2) is 2.69. The van der Waals surface area contributed by atoms with Crippen molar-refractivity contribution in [3.05, 3.63) is 23.0 Å². The first-order valence-electron chi connectivity index (χ1n) is 2.59. The lowest BCUT2D eigenvalue weighted by Crippen LogP contribution is -1.78. The van der Waals surface area contributed by atoms with Crippen molar-refractivity contribution in [3.8, 4) is 0 Å². The predicted molar refractivity (Wildman–Crippen MR) is 39.1 cm³/mol. The van der Waals surface area contributed by atoms with Crippen LogP contribution in [0.25, 0.3) is 0 Å². The van der Waals surface area contributed by atoms with Crippen LogP contribution < -0.4 is 0 Å². The number of halogens is 1. The molecule has 0 fully saturated rings. The Morgan fingerprint density at radius 2 is 2.56 bits per heavy atom. The molecule has 0 aliphatic rings. The molecule has 0 aliphatic heterocycles. The molecule has 3 heteroatoms. The largest absolute Gasteiger partial charge is 0.362 e. The highest BCUT2D eigenvalue weighted by Crippen LogP contribution is 2.13. The van der Waals surface area contributed by atoms with Crippen LogP contribution in [0.1, 0.15) is 5.69 Å². The standard InChI is InChI=1S/C6H7ClN2/c1-8-4-6-5(7)2-3-9-6/h2-3,9H,1,4H2. The molecule has 0 bridgehead atoms. The summed E-state index contributed by atoms with van der Waals surface area (Å²) in [5, 5.41) is 0.724. The van der Waals surface area contributed by atoms with E-state index in [9.17, 15) is 0 Å². The van der Waals surface area contributed by atoms with Crippen molar-refractivity contribution in [1.29, 1.82) is 0 Å². The van der Waals surface area contributed by atoms with Crippen LogP contribution in [-0.2, 0) is 6.54 Å². The average molecular weight is 143 g/mol. The van der Waals surface area contributed by atoms with Crippen LogP contribution in [0.2, 0.25) is 5.02 Å². The minimum absolute atomic E-state index is 0.561. The molecule has 0 spiro atoms. The third kappa shape index (κ3) is 1.33.